The minimum atomic E-state index is -0.871. The Morgan fingerprint density at radius 1 is 1.12 bits per heavy atom. The van der Waals surface area contributed by atoms with Gasteiger partial charge in [0.05, 0.1) is 10.7 Å². The first-order valence-corrected chi connectivity index (χ1v) is 7.89. The fourth-order valence-electron chi connectivity index (χ4n) is 2.43. The number of hydrogen-bond donors (Lipinski definition) is 2. The van der Waals surface area contributed by atoms with Crippen molar-refractivity contribution in [1.29, 1.82) is 0 Å². The van der Waals surface area contributed by atoms with Crippen molar-refractivity contribution < 1.29 is 14.6 Å². The van der Waals surface area contributed by atoms with Crippen molar-refractivity contribution in [2.45, 2.75) is 6.23 Å². The number of nitrogens with two attached hydrogens (primary N) is 1. The minimum absolute atomic E-state index is 0.153. The van der Waals surface area contributed by atoms with E-state index in [1.54, 1.807) is 18.2 Å². The van der Waals surface area contributed by atoms with Gasteiger partial charge in [0.2, 0.25) is 6.23 Å². The molecule has 1 aliphatic rings. The number of aromatic hydroxyl groups is 1. The number of phenols is 1. The lowest BCUT2D eigenvalue weighted by Gasteiger charge is -2.29. The predicted molar refractivity (Wildman–Crippen MR) is 93.5 cm³/mol. The molecule has 0 radical (unpaired) electrons. The quantitative estimate of drug-likeness (QED) is 0.744. The summed E-state index contributed by atoms with van der Waals surface area (Å²) in [7, 11) is 1.50. The van der Waals surface area contributed by atoms with Crippen LogP contribution in [-0.4, -0.2) is 23.3 Å². The normalized spacial score (nSPS) is 17.3. The predicted octanol–water partition coefficient (Wildman–Crippen LogP) is 4.44. The highest BCUT2D eigenvalue weighted by Crippen LogP contribution is 2.43. The lowest BCUT2D eigenvalue weighted by atomic mass is 10.1. The van der Waals surface area contributed by atoms with Gasteiger partial charge in [-0.1, -0.05) is 34.8 Å². The summed E-state index contributed by atoms with van der Waals surface area (Å²) in [6.07, 6.45) is -1.48. The van der Waals surface area contributed by atoms with Gasteiger partial charge >= 0.3 is 6.09 Å². The van der Waals surface area contributed by atoms with Crippen LogP contribution in [0.2, 0.25) is 15.1 Å². The van der Waals surface area contributed by atoms with E-state index in [1.165, 1.54) is 29.2 Å². The van der Waals surface area contributed by atoms with Crippen LogP contribution in [0.15, 0.2) is 30.3 Å². The monoisotopic (exact) mass is 387 g/mol. The molecule has 1 heterocycles. The van der Waals surface area contributed by atoms with Crippen molar-refractivity contribution in [3.8, 4) is 5.75 Å². The second-order valence-electron chi connectivity index (χ2n) is 5.17. The van der Waals surface area contributed by atoms with Gasteiger partial charge < -0.3 is 15.6 Å². The van der Waals surface area contributed by atoms with Crippen LogP contribution in [0.5, 0.6) is 5.75 Å². The Morgan fingerprint density at radius 2 is 1.75 bits per heavy atom. The number of ether oxygens (including phenoxy) is 1. The van der Waals surface area contributed by atoms with Crippen molar-refractivity contribution in [3.05, 3.63) is 51.0 Å². The zero-order valence-electron chi connectivity index (χ0n) is 12.3. The molecule has 2 aromatic rings. The van der Waals surface area contributed by atoms with Crippen LogP contribution >= 0.6 is 34.8 Å². The number of hydrazine groups is 1. The Balaban J connectivity index is 2.12. The zero-order chi connectivity index (χ0) is 17.6. The van der Waals surface area contributed by atoms with Crippen molar-refractivity contribution in [2.75, 3.05) is 17.8 Å². The van der Waals surface area contributed by atoms with E-state index in [1.807, 2.05) is 0 Å². The van der Waals surface area contributed by atoms with Crippen LogP contribution in [0.4, 0.5) is 16.2 Å². The smallest absolute Gasteiger partial charge is 0.430 e. The summed E-state index contributed by atoms with van der Waals surface area (Å²) in [5.74, 6) is -0.153. The first kappa shape index (κ1) is 16.8. The van der Waals surface area contributed by atoms with Gasteiger partial charge in [-0.2, -0.15) is 0 Å². The fourth-order valence-corrected chi connectivity index (χ4v) is 3.13. The highest BCUT2D eigenvalue weighted by atomic mass is 35.5. The molecular formula is C15H12Cl3N3O3. The third kappa shape index (κ3) is 2.88. The van der Waals surface area contributed by atoms with Crippen LogP contribution in [0.25, 0.3) is 0 Å². The zero-order valence-corrected chi connectivity index (χ0v) is 14.6. The summed E-state index contributed by atoms with van der Waals surface area (Å²) in [6.45, 7) is 0. The largest absolute Gasteiger partial charge is 0.506 e. The number of carbonyl (C=O) groups excluding carboxylic acids is 1. The summed E-state index contributed by atoms with van der Waals surface area (Å²) < 4.78 is 5.37. The van der Waals surface area contributed by atoms with Gasteiger partial charge in [-0.15, -0.1) is 0 Å². The molecular weight excluding hydrogens is 377 g/mol. The summed E-state index contributed by atoms with van der Waals surface area (Å²) in [5.41, 5.74) is 6.69. The molecule has 1 unspecified atom stereocenters. The summed E-state index contributed by atoms with van der Waals surface area (Å²) in [5, 5.41) is 13.9. The third-order valence-electron chi connectivity index (χ3n) is 3.53. The average Bonchev–Trinajstić information content (AvgIpc) is 2.78. The molecule has 9 heteroatoms. The van der Waals surface area contributed by atoms with E-state index in [2.05, 4.69) is 0 Å². The van der Waals surface area contributed by atoms with E-state index in [0.717, 1.165) is 0 Å². The van der Waals surface area contributed by atoms with Gasteiger partial charge in [0.1, 0.15) is 11.4 Å². The summed E-state index contributed by atoms with van der Waals surface area (Å²) in [6, 6.07) is 7.55. The van der Waals surface area contributed by atoms with Gasteiger partial charge in [0.15, 0.2) is 0 Å². The van der Waals surface area contributed by atoms with Crippen LogP contribution in [0.1, 0.15) is 11.8 Å². The first-order chi connectivity index (χ1) is 11.3. The molecule has 24 heavy (non-hydrogen) atoms. The number of amides is 1. The molecule has 126 valence electrons. The molecule has 1 fully saturated rings. The molecule has 0 aliphatic carbocycles. The lowest BCUT2D eigenvalue weighted by molar-refractivity contribution is 0.133. The molecule has 0 saturated carbocycles. The van der Waals surface area contributed by atoms with Crippen molar-refractivity contribution in [3.63, 3.8) is 0 Å². The van der Waals surface area contributed by atoms with Crippen LogP contribution in [0, 0.1) is 0 Å². The molecule has 1 saturated heterocycles. The van der Waals surface area contributed by atoms with Gasteiger partial charge in [0.25, 0.3) is 0 Å². The number of rotatable bonds is 2. The fraction of sp³-hybridized carbons (Fsp3) is 0.133. The maximum absolute atomic E-state index is 12.0. The van der Waals surface area contributed by atoms with Gasteiger partial charge in [-0.25, -0.2) is 14.8 Å². The molecule has 2 aromatic carbocycles. The lowest BCUT2D eigenvalue weighted by Crippen LogP contribution is -2.36. The number of nitrogens with zero attached hydrogens (tertiary/aromatic N) is 2. The molecule has 0 bridgehead atoms. The number of cyclic esters (lactones) is 1. The van der Waals surface area contributed by atoms with Gasteiger partial charge in [-0.3, -0.25) is 0 Å². The van der Waals surface area contributed by atoms with Gasteiger partial charge in [-0.05, 0) is 24.3 Å². The molecule has 1 aliphatic heterocycles. The Kier molecular flexibility index (Phi) is 4.29. The van der Waals surface area contributed by atoms with Crippen LogP contribution < -0.4 is 10.7 Å². The highest BCUT2D eigenvalue weighted by molar-refractivity contribution is 6.34. The molecule has 1 atom stereocenters. The third-order valence-corrected chi connectivity index (χ3v) is 4.30. The Bertz CT molecular complexity index is 811. The summed E-state index contributed by atoms with van der Waals surface area (Å²) in [4.78, 5) is 12.0. The molecule has 6 nitrogen and oxygen atoms in total. The van der Waals surface area contributed by atoms with Crippen molar-refractivity contribution >= 4 is 52.3 Å². The van der Waals surface area contributed by atoms with Gasteiger partial charge in [0, 0.05) is 28.7 Å². The van der Waals surface area contributed by atoms with Crippen molar-refractivity contribution in [2.24, 2.45) is 0 Å². The standard InChI is InChI=1S/C15H12Cl3N3O3/c1-20-15(23)24-14(7-2-8(16)4-9(17)3-7)21(20)12-5-10(18)11(19)6-13(12)22/h2-6,14,22H,19H2,1H3. The van der Waals surface area contributed by atoms with E-state index in [-0.39, 0.29) is 22.1 Å². The Hall–Kier alpha value is -2.02. The van der Waals surface area contributed by atoms with Crippen LogP contribution in [-0.2, 0) is 4.74 Å². The number of carbonyl (C=O) groups is 1. The Morgan fingerprint density at radius 3 is 2.38 bits per heavy atom. The number of nitrogen functional groups attached to an aromatic ring is 1. The van der Waals surface area contributed by atoms with E-state index in [0.29, 0.717) is 15.6 Å². The van der Waals surface area contributed by atoms with Crippen molar-refractivity contribution in [1.82, 2.24) is 5.01 Å². The molecule has 0 spiro atoms. The number of benzene rings is 2. The highest BCUT2D eigenvalue weighted by Gasteiger charge is 2.40. The SMILES string of the molecule is CN1C(=O)OC(c2cc(Cl)cc(Cl)c2)N1c1cc(Cl)c(N)cc1O. The minimum Gasteiger partial charge on any atom is -0.506 e. The molecule has 0 aromatic heterocycles. The van der Waals surface area contributed by atoms with E-state index in [9.17, 15) is 9.90 Å². The number of halogens is 3. The molecule has 1 amide bonds. The second kappa shape index (κ2) is 6.12. The second-order valence-corrected chi connectivity index (χ2v) is 6.45. The van der Waals surface area contributed by atoms with Crippen LogP contribution in [0.3, 0.4) is 0 Å². The number of hydrogen-bond acceptors (Lipinski definition) is 5. The van der Waals surface area contributed by atoms with E-state index in [4.69, 9.17) is 45.3 Å². The Labute approximate surface area is 152 Å². The number of phenolic OH excluding ortho intramolecular Hbond substituents is 1. The van der Waals surface area contributed by atoms with E-state index >= 15 is 0 Å². The maximum atomic E-state index is 12.0. The first-order valence-electron chi connectivity index (χ1n) is 6.75. The van der Waals surface area contributed by atoms with E-state index < -0.39 is 12.3 Å². The maximum Gasteiger partial charge on any atom is 0.430 e. The average molecular weight is 389 g/mol. The molecule has 3 rings (SSSR count). The summed E-state index contributed by atoms with van der Waals surface area (Å²) >= 11 is 18.1. The molecule has 3 N–H and O–H groups in total. The number of anilines is 2. The topological polar surface area (TPSA) is 79.0 Å².